The lowest BCUT2D eigenvalue weighted by Crippen LogP contribution is -2.40. The molecule has 2 aromatic carbocycles. The number of hydrogen-bond acceptors (Lipinski definition) is 3. The summed E-state index contributed by atoms with van der Waals surface area (Å²) < 4.78 is 27.0. The number of halogens is 2. The van der Waals surface area contributed by atoms with Gasteiger partial charge in [0.1, 0.15) is 11.6 Å². The van der Waals surface area contributed by atoms with Crippen LogP contribution in [0.4, 0.5) is 14.5 Å². The number of hydrogen-bond donors (Lipinski definition) is 2. The summed E-state index contributed by atoms with van der Waals surface area (Å²) in [5.41, 5.74) is 1.79. The Morgan fingerprint density at radius 1 is 1.07 bits per heavy atom. The number of carbonyl (C=O) groups excluding carboxylic acids is 1. The van der Waals surface area contributed by atoms with Gasteiger partial charge in [-0.1, -0.05) is 24.3 Å². The second-order valence-electron chi connectivity index (χ2n) is 6.34. The van der Waals surface area contributed by atoms with Gasteiger partial charge in [-0.2, -0.15) is 0 Å². The minimum absolute atomic E-state index is 0.249. The highest BCUT2D eigenvalue weighted by molar-refractivity contribution is 7.10. The highest BCUT2D eigenvalue weighted by atomic mass is 32.1. The Bertz CT molecular complexity index is 910. The van der Waals surface area contributed by atoms with Crippen molar-refractivity contribution in [3.8, 4) is 0 Å². The first-order valence-corrected chi connectivity index (χ1v) is 9.44. The summed E-state index contributed by atoms with van der Waals surface area (Å²) in [7, 11) is 0. The van der Waals surface area contributed by atoms with Crippen molar-refractivity contribution in [1.82, 2.24) is 5.32 Å². The maximum atomic E-state index is 13.7. The van der Waals surface area contributed by atoms with Gasteiger partial charge in [0, 0.05) is 10.6 Å². The van der Waals surface area contributed by atoms with Crippen LogP contribution in [0.3, 0.4) is 0 Å². The molecule has 0 saturated heterocycles. The fourth-order valence-corrected chi connectivity index (χ4v) is 3.51. The van der Waals surface area contributed by atoms with E-state index in [9.17, 15) is 13.6 Å². The quantitative estimate of drug-likeness (QED) is 0.623. The van der Waals surface area contributed by atoms with Gasteiger partial charge in [0.05, 0.1) is 12.1 Å². The van der Waals surface area contributed by atoms with Crippen molar-refractivity contribution in [2.75, 3.05) is 5.32 Å². The topological polar surface area (TPSA) is 41.1 Å². The highest BCUT2D eigenvalue weighted by Crippen LogP contribution is 2.27. The molecular weight excluding hydrogens is 366 g/mol. The van der Waals surface area contributed by atoms with Crippen LogP contribution in [0.25, 0.3) is 0 Å². The summed E-state index contributed by atoms with van der Waals surface area (Å²) in [6.45, 7) is 3.41. The van der Waals surface area contributed by atoms with Crippen molar-refractivity contribution < 1.29 is 13.6 Å². The monoisotopic (exact) mass is 386 g/mol. The number of nitrogens with one attached hydrogen (secondary N) is 2. The molecular formula is C21H20F2N2OS. The van der Waals surface area contributed by atoms with Crippen molar-refractivity contribution in [1.29, 1.82) is 0 Å². The molecule has 2 N–H and O–H groups in total. The smallest absolute Gasteiger partial charge is 0.241 e. The molecule has 0 fully saturated rings. The molecule has 2 atom stereocenters. The zero-order valence-corrected chi connectivity index (χ0v) is 15.8. The SMILES string of the molecule is Cc1ccc(NC(=O)[C@@H](C)N[C@H](c2ccc(F)cc2)c2cccs2)cc1F. The first-order chi connectivity index (χ1) is 12.9. The fraction of sp³-hybridized carbons (Fsp3) is 0.190. The van der Waals surface area contributed by atoms with Gasteiger partial charge in [-0.15, -0.1) is 11.3 Å². The van der Waals surface area contributed by atoms with Crippen molar-refractivity contribution in [3.05, 3.63) is 87.6 Å². The molecule has 0 saturated carbocycles. The average Bonchev–Trinajstić information content (AvgIpc) is 3.18. The number of aryl methyl sites for hydroxylation is 1. The highest BCUT2D eigenvalue weighted by Gasteiger charge is 2.22. The predicted molar refractivity (Wildman–Crippen MR) is 105 cm³/mol. The van der Waals surface area contributed by atoms with E-state index in [2.05, 4.69) is 10.6 Å². The molecule has 0 radical (unpaired) electrons. The van der Waals surface area contributed by atoms with E-state index in [1.807, 2.05) is 17.5 Å². The van der Waals surface area contributed by atoms with E-state index in [4.69, 9.17) is 0 Å². The average molecular weight is 386 g/mol. The third-order valence-electron chi connectivity index (χ3n) is 4.28. The first kappa shape index (κ1) is 19.2. The molecule has 3 rings (SSSR count). The molecule has 0 aliphatic carbocycles. The predicted octanol–water partition coefficient (Wildman–Crippen LogP) is 5.04. The van der Waals surface area contributed by atoms with E-state index in [0.717, 1.165) is 10.4 Å². The summed E-state index contributed by atoms with van der Waals surface area (Å²) >= 11 is 1.55. The lowest BCUT2D eigenvalue weighted by atomic mass is 10.0. The fourth-order valence-electron chi connectivity index (χ4n) is 2.70. The van der Waals surface area contributed by atoms with Crippen molar-refractivity contribution in [2.45, 2.75) is 25.9 Å². The first-order valence-electron chi connectivity index (χ1n) is 8.56. The Hall–Kier alpha value is -2.57. The molecule has 0 aliphatic heterocycles. The van der Waals surface area contributed by atoms with Gasteiger partial charge in [0.15, 0.2) is 0 Å². The van der Waals surface area contributed by atoms with E-state index in [0.29, 0.717) is 11.3 Å². The van der Waals surface area contributed by atoms with Crippen molar-refractivity contribution >= 4 is 22.9 Å². The van der Waals surface area contributed by atoms with Gasteiger partial charge in [-0.05, 0) is 60.7 Å². The molecule has 1 heterocycles. The maximum absolute atomic E-state index is 13.7. The summed E-state index contributed by atoms with van der Waals surface area (Å²) in [4.78, 5) is 13.6. The minimum atomic E-state index is -0.550. The zero-order chi connectivity index (χ0) is 19.4. The van der Waals surface area contributed by atoms with Gasteiger partial charge < -0.3 is 5.32 Å². The van der Waals surface area contributed by atoms with E-state index in [1.165, 1.54) is 18.2 Å². The number of rotatable bonds is 6. The Balaban J connectivity index is 1.75. The Morgan fingerprint density at radius 3 is 2.44 bits per heavy atom. The molecule has 6 heteroatoms. The normalized spacial score (nSPS) is 13.2. The largest absolute Gasteiger partial charge is 0.325 e. The Morgan fingerprint density at radius 2 is 1.81 bits per heavy atom. The van der Waals surface area contributed by atoms with Crippen molar-refractivity contribution in [2.24, 2.45) is 0 Å². The molecule has 1 aromatic heterocycles. The van der Waals surface area contributed by atoms with Crippen LogP contribution in [0.15, 0.2) is 60.0 Å². The molecule has 0 aliphatic rings. The summed E-state index contributed by atoms with van der Waals surface area (Å²) in [5.74, 6) is -0.950. The summed E-state index contributed by atoms with van der Waals surface area (Å²) in [6.07, 6.45) is 0. The third kappa shape index (κ3) is 4.78. The Kier molecular flexibility index (Phi) is 5.98. The molecule has 0 spiro atoms. The number of carbonyl (C=O) groups is 1. The van der Waals surface area contributed by atoms with Crippen LogP contribution in [0, 0.1) is 18.6 Å². The van der Waals surface area contributed by atoms with Gasteiger partial charge in [-0.3, -0.25) is 10.1 Å². The van der Waals surface area contributed by atoms with Gasteiger partial charge >= 0.3 is 0 Å². The van der Waals surface area contributed by atoms with Crippen molar-refractivity contribution in [3.63, 3.8) is 0 Å². The van der Waals surface area contributed by atoms with Crippen LogP contribution in [0.2, 0.25) is 0 Å². The van der Waals surface area contributed by atoms with Crippen LogP contribution >= 0.6 is 11.3 Å². The second kappa shape index (κ2) is 8.41. The van der Waals surface area contributed by atoms with Crippen LogP contribution in [0.1, 0.15) is 29.0 Å². The van der Waals surface area contributed by atoms with Gasteiger partial charge in [0.2, 0.25) is 5.91 Å². The number of anilines is 1. The lowest BCUT2D eigenvalue weighted by Gasteiger charge is -2.23. The maximum Gasteiger partial charge on any atom is 0.241 e. The molecule has 0 bridgehead atoms. The zero-order valence-electron chi connectivity index (χ0n) is 15.0. The number of amides is 1. The lowest BCUT2D eigenvalue weighted by molar-refractivity contribution is -0.117. The van der Waals surface area contributed by atoms with Gasteiger partial charge in [0.25, 0.3) is 0 Å². The van der Waals surface area contributed by atoms with E-state index >= 15 is 0 Å². The van der Waals surface area contributed by atoms with E-state index < -0.39 is 6.04 Å². The van der Waals surface area contributed by atoms with Crippen LogP contribution < -0.4 is 10.6 Å². The third-order valence-corrected chi connectivity index (χ3v) is 5.22. The second-order valence-corrected chi connectivity index (χ2v) is 7.32. The molecule has 3 aromatic rings. The van der Waals surface area contributed by atoms with E-state index in [-0.39, 0.29) is 23.6 Å². The van der Waals surface area contributed by atoms with Crippen LogP contribution in [-0.4, -0.2) is 11.9 Å². The Labute approximate surface area is 161 Å². The summed E-state index contributed by atoms with van der Waals surface area (Å²) in [5, 5.41) is 7.96. The number of benzene rings is 2. The van der Waals surface area contributed by atoms with Gasteiger partial charge in [-0.25, -0.2) is 8.78 Å². The van der Waals surface area contributed by atoms with E-state index in [1.54, 1.807) is 49.4 Å². The molecule has 1 amide bonds. The molecule has 3 nitrogen and oxygen atoms in total. The molecule has 0 unspecified atom stereocenters. The molecule has 27 heavy (non-hydrogen) atoms. The van der Waals surface area contributed by atoms with Crippen LogP contribution in [-0.2, 0) is 4.79 Å². The minimum Gasteiger partial charge on any atom is -0.325 e. The number of thiophene rings is 1. The summed E-state index contributed by atoms with van der Waals surface area (Å²) in [6, 6.07) is 13.9. The molecule has 140 valence electrons. The standard InChI is InChI=1S/C21H20F2N2OS/c1-13-5-10-17(12-18(13)23)25-21(26)14(2)24-20(19-4-3-11-27-19)15-6-8-16(22)9-7-15/h3-12,14,20,24H,1-2H3,(H,25,26)/t14-,20-/m1/s1. The van der Waals surface area contributed by atoms with Crippen LogP contribution in [0.5, 0.6) is 0 Å².